The molecule has 1 N–H and O–H groups in total. The minimum absolute atomic E-state index is 0.986. The van der Waals surface area contributed by atoms with Crippen molar-refractivity contribution in [3.05, 3.63) is 12.2 Å². The Balaban J connectivity index is 2.14. The molecule has 0 saturated heterocycles. The maximum atomic E-state index is 4.10. The van der Waals surface area contributed by atoms with Gasteiger partial charge in [-0.15, -0.1) is 0 Å². The molecule has 0 spiro atoms. The Labute approximate surface area is 56.3 Å². The predicted octanol–water partition coefficient (Wildman–Crippen LogP) is 0.263. The molecule has 0 aromatic rings. The van der Waals surface area contributed by atoms with Crippen molar-refractivity contribution in [1.29, 1.82) is 0 Å². The Bertz CT molecular complexity index is 140. The van der Waals surface area contributed by atoms with Crippen LogP contribution in [0.3, 0.4) is 0 Å². The van der Waals surface area contributed by atoms with Gasteiger partial charge in [-0.25, -0.2) is 0 Å². The first-order chi connectivity index (χ1) is 4.43. The van der Waals surface area contributed by atoms with Gasteiger partial charge in [-0.2, -0.15) is 0 Å². The van der Waals surface area contributed by atoms with Gasteiger partial charge in [0.25, 0.3) is 0 Å². The lowest BCUT2D eigenvalue weighted by Gasteiger charge is -2.00. The van der Waals surface area contributed by atoms with E-state index in [-0.39, 0.29) is 0 Å². The Morgan fingerprint density at radius 2 is 2.67 bits per heavy atom. The van der Waals surface area contributed by atoms with Crippen molar-refractivity contribution >= 4 is 13.0 Å². The molecule has 0 aromatic carbocycles. The minimum atomic E-state index is 0.986. The molecule has 0 radical (unpaired) electrons. The van der Waals surface area contributed by atoms with Gasteiger partial charge in [-0.3, -0.25) is 4.99 Å². The summed E-state index contributed by atoms with van der Waals surface area (Å²) in [6.07, 6.45) is 3.01. The molecule has 48 valence electrons. The number of aliphatic imine (C=N–C) groups is 1. The van der Waals surface area contributed by atoms with Crippen LogP contribution in [-0.4, -0.2) is 19.6 Å². The third-order valence-electron chi connectivity index (χ3n) is 1.23. The fraction of sp³-hybridized carbons (Fsp3) is 0.500. The fourth-order valence-corrected chi connectivity index (χ4v) is 0.747. The van der Waals surface area contributed by atoms with E-state index < -0.39 is 0 Å². The van der Waals surface area contributed by atoms with Gasteiger partial charge in [0.2, 0.25) is 7.28 Å². The van der Waals surface area contributed by atoms with E-state index in [1.807, 2.05) is 6.20 Å². The number of rotatable bonds is 2. The smallest absolute Gasteiger partial charge is 0.230 e. The first-order valence-corrected chi connectivity index (χ1v) is 3.39. The van der Waals surface area contributed by atoms with Crippen molar-refractivity contribution in [1.82, 2.24) is 5.32 Å². The lowest BCUT2D eigenvalue weighted by atomic mass is 9.79. The van der Waals surface area contributed by atoms with Crippen LogP contribution in [0.15, 0.2) is 17.2 Å². The molecule has 0 atom stereocenters. The van der Waals surface area contributed by atoms with Crippen LogP contribution in [0.5, 0.6) is 0 Å². The summed E-state index contributed by atoms with van der Waals surface area (Å²) in [6, 6.07) is 0. The third kappa shape index (κ3) is 1.92. The van der Waals surface area contributed by atoms with E-state index >= 15 is 0 Å². The van der Waals surface area contributed by atoms with Crippen LogP contribution in [0.4, 0.5) is 0 Å². The van der Waals surface area contributed by atoms with Crippen molar-refractivity contribution in [3.8, 4) is 0 Å². The highest BCUT2D eigenvalue weighted by atomic mass is 15.0. The summed E-state index contributed by atoms with van der Waals surface area (Å²) in [4.78, 5) is 4.10. The zero-order chi connectivity index (χ0) is 6.53. The summed E-state index contributed by atoms with van der Waals surface area (Å²) in [5.41, 5.74) is 1.11. The van der Waals surface area contributed by atoms with E-state index in [1.165, 1.54) is 6.42 Å². The van der Waals surface area contributed by atoms with Gasteiger partial charge in [-0.1, -0.05) is 12.9 Å². The predicted molar refractivity (Wildman–Crippen MR) is 42.0 cm³/mol. The molecule has 0 unspecified atom stereocenters. The van der Waals surface area contributed by atoms with Gasteiger partial charge in [0, 0.05) is 12.7 Å². The Morgan fingerprint density at radius 3 is 3.22 bits per heavy atom. The van der Waals surface area contributed by atoms with Crippen LogP contribution in [-0.2, 0) is 0 Å². The Kier molecular flexibility index (Phi) is 2.37. The van der Waals surface area contributed by atoms with E-state index in [1.54, 1.807) is 0 Å². The van der Waals surface area contributed by atoms with Crippen LogP contribution in [0, 0.1) is 0 Å². The van der Waals surface area contributed by atoms with E-state index in [0.717, 1.165) is 19.6 Å². The molecule has 0 saturated carbocycles. The molecule has 1 aliphatic rings. The van der Waals surface area contributed by atoms with Gasteiger partial charge in [0.15, 0.2) is 0 Å². The highest BCUT2D eigenvalue weighted by molar-refractivity contribution is 6.79. The summed E-state index contributed by atoms with van der Waals surface area (Å²) < 4.78 is 0. The maximum Gasteiger partial charge on any atom is 0.230 e. The second-order valence-corrected chi connectivity index (χ2v) is 2.09. The third-order valence-corrected chi connectivity index (χ3v) is 1.23. The molecule has 0 aliphatic carbocycles. The molecular weight excluding hydrogens is 111 g/mol. The maximum absolute atomic E-state index is 4.10. The molecule has 9 heavy (non-hydrogen) atoms. The second kappa shape index (κ2) is 3.33. The van der Waals surface area contributed by atoms with Gasteiger partial charge < -0.3 is 5.32 Å². The lowest BCUT2D eigenvalue weighted by Crippen LogP contribution is -2.26. The lowest BCUT2D eigenvalue weighted by molar-refractivity contribution is 0.847. The second-order valence-electron chi connectivity index (χ2n) is 2.09. The monoisotopic (exact) mass is 122 g/mol. The first-order valence-electron chi connectivity index (χ1n) is 3.39. The average Bonchev–Trinajstić information content (AvgIpc) is 2.34. The molecule has 1 heterocycles. The fourth-order valence-electron chi connectivity index (χ4n) is 0.747. The number of hydrogen-bond donors (Lipinski definition) is 1. The summed E-state index contributed by atoms with van der Waals surface area (Å²) in [6.45, 7) is 3.19. The minimum Gasteiger partial charge on any atom is -0.381 e. The molecule has 2 nitrogen and oxygen atoms in total. The molecule has 3 heteroatoms. The standard InChI is InChI=1S/C6H11BN2/c1-2-4-8-6-7-3-5-9-6/h3,5,7H,2,4H2,1H3,(H,8,9). The highest BCUT2D eigenvalue weighted by Gasteiger charge is 1.99. The molecule has 1 rings (SSSR count). The molecule has 0 amide bonds. The van der Waals surface area contributed by atoms with Crippen molar-refractivity contribution in [3.63, 3.8) is 0 Å². The Morgan fingerprint density at radius 1 is 1.78 bits per heavy atom. The van der Waals surface area contributed by atoms with Crippen molar-refractivity contribution in [2.75, 3.05) is 6.54 Å². The number of hydrogen-bond acceptors (Lipinski definition) is 2. The number of nitrogens with zero attached hydrogens (tertiary/aromatic N) is 1. The molecule has 1 aliphatic heterocycles. The van der Waals surface area contributed by atoms with Crippen molar-refractivity contribution in [2.24, 2.45) is 4.99 Å². The van der Waals surface area contributed by atoms with Gasteiger partial charge >= 0.3 is 0 Å². The SMILES string of the molecule is CCCNC1=NC=CB1. The first kappa shape index (κ1) is 6.40. The largest absolute Gasteiger partial charge is 0.381 e. The normalized spacial score (nSPS) is 15.0. The van der Waals surface area contributed by atoms with Gasteiger partial charge in [0.05, 0.1) is 5.73 Å². The summed E-state index contributed by atoms with van der Waals surface area (Å²) in [5, 5.41) is 3.22. The van der Waals surface area contributed by atoms with Gasteiger partial charge in [-0.05, 0) is 6.42 Å². The van der Waals surface area contributed by atoms with E-state index in [2.05, 4.69) is 23.2 Å². The molecule has 0 aromatic heterocycles. The van der Waals surface area contributed by atoms with E-state index in [4.69, 9.17) is 0 Å². The van der Waals surface area contributed by atoms with Crippen molar-refractivity contribution in [2.45, 2.75) is 13.3 Å². The molecule has 0 bridgehead atoms. The van der Waals surface area contributed by atoms with Crippen molar-refractivity contribution < 1.29 is 0 Å². The summed E-state index contributed by atoms with van der Waals surface area (Å²) in [7, 11) is 0.986. The number of nitrogens with one attached hydrogen (secondary N) is 1. The zero-order valence-electron chi connectivity index (χ0n) is 5.72. The van der Waals surface area contributed by atoms with Crippen LogP contribution in [0.1, 0.15) is 13.3 Å². The average molecular weight is 122 g/mol. The topological polar surface area (TPSA) is 24.4 Å². The van der Waals surface area contributed by atoms with Crippen LogP contribution < -0.4 is 5.32 Å². The molecule has 0 fully saturated rings. The van der Waals surface area contributed by atoms with Crippen LogP contribution in [0.2, 0.25) is 0 Å². The van der Waals surface area contributed by atoms with E-state index in [9.17, 15) is 0 Å². The van der Waals surface area contributed by atoms with Gasteiger partial charge in [0.1, 0.15) is 0 Å². The van der Waals surface area contributed by atoms with E-state index in [0.29, 0.717) is 0 Å². The number of amidine groups is 1. The highest BCUT2D eigenvalue weighted by Crippen LogP contribution is 1.86. The van der Waals surface area contributed by atoms with Crippen LogP contribution >= 0.6 is 0 Å². The van der Waals surface area contributed by atoms with Crippen LogP contribution in [0.25, 0.3) is 0 Å². The molecular formula is C6H11BN2. The quantitative estimate of drug-likeness (QED) is 0.522. The Hall–Kier alpha value is -0.725. The zero-order valence-corrected chi connectivity index (χ0v) is 5.72. The summed E-state index contributed by atoms with van der Waals surface area (Å²) >= 11 is 0. The summed E-state index contributed by atoms with van der Waals surface area (Å²) in [5.74, 6) is 2.05.